The Labute approximate surface area is 125 Å². The summed E-state index contributed by atoms with van der Waals surface area (Å²) in [7, 11) is 0. The third-order valence-electron chi connectivity index (χ3n) is 2.39. The minimum absolute atomic E-state index is 0.0370. The van der Waals surface area contributed by atoms with Crippen LogP contribution in [-0.2, 0) is 0 Å². The number of hydrogen-bond acceptors (Lipinski definition) is 0. The van der Waals surface area contributed by atoms with Crippen LogP contribution in [0, 0.1) is 5.82 Å². The van der Waals surface area contributed by atoms with Gasteiger partial charge in [0.15, 0.2) is 0 Å². The van der Waals surface area contributed by atoms with Gasteiger partial charge in [0.05, 0.1) is 4.83 Å². The molecule has 0 aliphatic carbocycles. The normalized spacial score (nSPS) is 12.5. The standard InChI is InChI=1S/C13H8Br3F/c14-9-3-6-12(15)11(7-9)13(16)8-1-4-10(17)5-2-8/h1-7,13H. The fourth-order valence-electron chi connectivity index (χ4n) is 1.52. The fourth-order valence-corrected chi connectivity index (χ4v) is 3.37. The van der Waals surface area contributed by atoms with Crippen LogP contribution in [0.15, 0.2) is 51.4 Å². The maximum atomic E-state index is 12.9. The monoisotopic (exact) mass is 420 g/mol. The molecule has 0 amide bonds. The van der Waals surface area contributed by atoms with Crippen molar-refractivity contribution in [3.63, 3.8) is 0 Å². The molecule has 0 spiro atoms. The molecule has 0 nitrogen and oxygen atoms in total. The molecule has 0 heterocycles. The maximum absolute atomic E-state index is 12.9. The van der Waals surface area contributed by atoms with Gasteiger partial charge in [-0.2, -0.15) is 0 Å². The molecule has 2 rings (SSSR count). The Morgan fingerprint density at radius 1 is 0.941 bits per heavy atom. The Kier molecular flexibility index (Phi) is 4.39. The van der Waals surface area contributed by atoms with Gasteiger partial charge >= 0.3 is 0 Å². The first-order valence-electron chi connectivity index (χ1n) is 4.92. The van der Waals surface area contributed by atoms with Gasteiger partial charge in [-0.15, -0.1) is 0 Å². The van der Waals surface area contributed by atoms with Crippen molar-refractivity contribution in [2.75, 3.05) is 0 Å². The summed E-state index contributed by atoms with van der Waals surface area (Å²) in [4.78, 5) is 0.0370. The molecular formula is C13H8Br3F. The van der Waals surface area contributed by atoms with E-state index in [0.29, 0.717) is 0 Å². The van der Waals surface area contributed by atoms with Crippen LogP contribution < -0.4 is 0 Å². The van der Waals surface area contributed by atoms with Gasteiger partial charge < -0.3 is 0 Å². The highest BCUT2D eigenvalue weighted by Crippen LogP contribution is 2.36. The van der Waals surface area contributed by atoms with Crippen molar-refractivity contribution >= 4 is 47.8 Å². The van der Waals surface area contributed by atoms with Crippen LogP contribution in [0.25, 0.3) is 0 Å². The molecule has 0 saturated heterocycles. The topological polar surface area (TPSA) is 0 Å². The molecular weight excluding hydrogens is 415 g/mol. The van der Waals surface area contributed by atoms with E-state index >= 15 is 0 Å². The van der Waals surface area contributed by atoms with Crippen LogP contribution in [0.4, 0.5) is 4.39 Å². The second kappa shape index (κ2) is 5.63. The largest absolute Gasteiger partial charge is 0.207 e. The summed E-state index contributed by atoms with van der Waals surface area (Å²) in [5, 5.41) is 0. The molecule has 2 aromatic rings. The summed E-state index contributed by atoms with van der Waals surface area (Å²) < 4.78 is 14.9. The highest BCUT2D eigenvalue weighted by Gasteiger charge is 2.13. The molecule has 0 aromatic heterocycles. The Morgan fingerprint density at radius 2 is 1.59 bits per heavy atom. The van der Waals surface area contributed by atoms with Gasteiger partial charge in [0.25, 0.3) is 0 Å². The molecule has 0 N–H and O–H groups in total. The minimum Gasteiger partial charge on any atom is -0.207 e. The number of halogens is 4. The van der Waals surface area contributed by atoms with E-state index in [1.54, 1.807) is 12.1 Å². The van der Waals surface area contributed by atoms with Crippen LogP contribution in [-0.4, -0.2) is 0 Å². The molecule has 4 heteroatoms. The van der Waals surface area contributed by atoms with E-state index in [4.69, 9.17) is 0 Å². The van der Waals surface area contributed by atoms with Gasteiger partial charge in [-0.05, 0) is 41.5 Å². The lowest BCUT2D eigenvalue weighted by molar-refractivity contribution is 0.627. The van der Waals surface area contributed by atoms with Crippen LogP contribution in [0.2, 0.25) is 0 Å². The third kappa shape index (κ3) is 3.18. The summed E-state index contributed by atoms with van der Waals surface area (Å²) in [6, 6.07) is 12.5. The molecule has 1 atom stereocenters. The first-order chi connectivity index (χ1) is 8.08. The van der Waals surface area contributed by atoms with E-state index in [-0.39, 0.29) is 10.6 Å². The second-order valence-corrected chi connectivity index (χ2v) is 6.27. The van der Waals surface area contributed by atoms with Crippen molar-refractivity contribution in [2.24, 2.45) is 0 Å². The van der Waals surface area contributed by atoms with Gasteiger partial charge in [0.2, 0.25) is 0 Å². The van der Waals surface area contributed by atoms with Gasteiger partial charge in [-0.3, -0.25) is 0 Å². The SMILES string of the molecule is Fc1ccc(C(Br)c2cc(Br)ccc2Br)cc1. The predicted octanol–water partition coefficient (Wildman–Crippen LogP) is 5.84. The maximum Gasteiger partial charge on any atom is 0.123 e. The molecule has 0 fully saturated rings. The lowest BCUT2D eigenvalue weighted by atomic mass is 10.1. The van der Waals surface area contributed by atoms with E-state index in [1.165, 1.54) is 12.1 Å². The Bertz CT molecular complexity index is 523. The first-order valence-corrected chi connectivity index (χ1v) is 7.42. The number of alkyl halides is 1. The van der Waals surface area contributed by atoms with Crippen LogP contribution in [0.3, 0.4) is 0 Å². The molecule has 0 aliphatic rings. The number of benzene rings is 2. The highest BCUT2D eigenvalue weighted by atomic mass is 79.9. The molecule has 0 saturated carbocycles. The summed E-state index contributed by atoms with van der Waals surface area (Å²) >= 11 is 10.6. The average molecular weight is 423 g/mol. The van der Waals surface area contributed by atoms with Crippen molar-refractivity contribution in [2.45, 2.75) is 4.83 Å². The van der Waals surface area contributed by atoms with Gasteiger partial charge in [-0.25, -0.2) is 4.39 Å². The van der Waals surface area contributed by atoms with Crippen molar-refractivity contribution in [1.29, 1.82) is 0 Å². The van der Waals surface area contributed by atoms with E-state index in [9.17, 15) is 4.39 Å². The van der Waals surface area contributed by atoms with Gasteiger partial charge in [0, 0.05) is 8.95 Å². The third-order valence-corrected chi connectivity index (χ3v) is 4.63. The van der Waals surface area contributed by atoms with Gasteiger partial charge in [-0.1, -0.05) is 59.9 Å². The lowest BCUT2D eigenvalue weighted by Crippen LogP contribution is -1.94. The van der Waals surface area contributed by atoms with E-state index in [2.05, 4.69) is 47.8 Å². The summed E-state index contributed by atoms with van der Waals surface area (Å²) in [6.07, 6.45) is 0. The molecule has 88 valence electrons. The molecule has 17 heavy (non-hydrogen) atoms. The minimum atomic E-state index is -0.221. The average Bonchev–Trinajstić information content (AvgIpc) is 2.32. The van der Waals surface area contributed by atoms with Crippen molar-refractivity contribution < 1.29 is 4.39 Å². The Balaban J connectivity index is 2.39. The molecule has 0 bridgehead atoms. The van der Waals surface area contributed by atoms with Crippen LogP contribution in [0.5, 0.6) is 0 Å². The summed E-state index contributed by atoms with van der Waals surface area (Å²) in [5.74, 6) is -0.221. The molecule has 0 aliphatic heterocycles. The van der Waals surface area contributed by atoms with Gasteiger partial charge in [0.1, 0.15) is 5.82 Å². The summed E-state index contributed by atoms with van der Waals surface area (Å²) in [5.41, 5.74) is 2.12. The highest BCUT2D eigenvalue weighted by molar-refractivity contribution is 9.11. The molecule has 0 radical (unpaired) electrons. The smallest absolute Gasteiger partial charge is 0.123 e. The van der Waals surface area contributed by atoms with Crippen molar-refractivity contribution in [3.05, 3.63) is 68.4 Å². The molecule has 1 unspecified atom stereocenters. The van der Waals surface area contributed by atoms with E-state index in [0.717, 1.165) is 20.1 Å². The zero-order valence-corrected chi connectivity index (χ0v) is 13.4. The zero-order valence-electron chi connectivity index (χ0n) is 8.63. The van der Waals surface area contributed by atoms with Crippen LogP contribution >= 0.6 is 47.8 Å². The predicted molar refractivity (Wildman–Crippen MR) is 79.0 cm³/mol. The quantitative estimate of drug-likeness (QED) is 0.534. The fraction of sp³-hybridized carbons (Fsp3) is 0.0769. The second-order valence-electron chi connectivity index (χ2n) is 3.58. The first kappa shape index (κ1) is 13.2. The van der Waals surface area contributed by atoms with Crippen molar-refractivity contribution in [1.82, 2.24) is 0 Å². The van der Waals surface area contributed by atoms with E-state index in [1.807, 2.05) is 18.2 Å². The zero-order chi connectivity index (χ0) is 12.4. The Morgan fingerprint density at radius 3 is 2.24 bits per heavy atom. The van der Waals surface area contributed by atoms with Crippen molar-refractivity contribution in [3.8, 4) is 0 Å². The summed E-state index contributed by atoms with van der Waals surface area (Å²) in [6.45, 7) is 0. The number of hydrogen-bond donors (Lipinski definition) is 0. The number of rotatable bonds is 2. The van der Waals surface area contributed by atoms with E-state index < -0.39 is 0 Å². The molecule has 2 aromatic carbocycles. The lowest BCUT2D eigenvalue weighted by Gasteiger charge is -2.13. The Hall–Kier alpha value is -0.190. The van der Waals surface area contributed by atoms with Crippen LogP contribution in [0.1, 0.15) is 16.0 Å².